The standard InChI is InChI=1S/C14H15N3O/c1-3-15-14(18)13-10(2)16-9-12(17-13)11-7-5-4-6-8-11/h4-9H,3H2,1-2H3,(H,15,18). The van der Waals surface area contributed by atoms with Crippen LogP contribution in [0.4, 0.5) is 0 Å². The summed E-state index contributed by atoms with van der Waals surface area (Å²) in [6.45, 7) is 4.24. The minimum absolute atomic E-state index is 0.180. The SMILES string of the molecule is CCNC(=O)c1nc(-c2ccccc2)cnc1C. The third kappa shape index (κ3) is 2.53. The van der Waals surface area contributed by atoms with E-state index in [1.165, 1.54) is 0 Å². The highest BCUT2D eigenvalue weighted by molar-refractivity contribution is 5.93. The first-order valence-corrected chi connectivity index (χ1v) is 5.89. The first kappa shape index (κ1) is 12.2. The van der Waals surface area contributed by atoms with Crippen molar-refractivity contribution in [3.05, 3.63) is 47.9 Å². The Labute approximate surface area is 106 Å². The van der Waals surface area contributed by atoms with Crippen molar-refractivity contribution in [1.82, 2.24) is 15.3 Å². The maximum Gasteiger partial charge on any atom is 0.271 e. The van der Waals surface area contributed by atoms with E-state index >= 15 is 0 Å². The number of aromatic nitrogens is 2. The topological polar surface area (TPSA) is 54.9 Å². The molecule has 0 atom stereocenters. The number of carbonyl (C=O) groups excluding carboxylic acids is 1. The maximum atomic E-state index is 11.8. The zero-order chi connectivity index (χ0) is 13.0. The summed E-state index contributed by atoms with van der Waals surface area (Å²) in [6, 6.07) is 9.70. The molecule has 1 aromatic heterocycles. The van der Waals surface area contributed by atoms with Crippen molar-refractivity contribution < 1.29 is 4.79 Å². The molecule has 0 radical (unpaired) electrons. The van der Waals surface area contributed by atoms with Crippen molar-refractivity contribution in [2.75, 3.05) is 6.54 Å². The quantitative estimate of drug-likeness (QED) is 0.896. The van der Waals surface area contributed by atoms with Gasteiger partial charge in [-0.05, 0) is 13.8 Å². The summed E-state index contributed by atoms with van der Waals surface area (Å²) in [5.74, 6) is -0.180. The highest BCUT2D eigenvalue weighted by Gasteiger charge is 2.12. The van der Waals surface area contributed by atoms with Gasteiger partial charge in [0.25, 0.3) is 5.91 Å². The van der Waals surface area contributed by atoms with E-state index in [1.54, 1.807) is 13.1 Å². The third-order valence-electron chi connectivity index (χ3n) is 2.58. The summed E-state index contributed by atoms with van der Waals surface area (Å²) in [5, 5.41) is 2.74. The molecular weight excluding hydrogens is 226 g/mol. The molecule has 4 nitrogen and oxygen atoms in total. The Hall–Kier alpha value is -2.23. The first-order chi connectivity index (χ1) is 8.72. The molecular formula is C14H15N3O. The van der Waals surface area contributed by atoms with Gasteiger partial charge < -0.3 is 5.32 Å². The van der Waals surface area contributed by atoms with Crippen molar-refractivity contribution in [1.29, 1.82) is 0 Å². The molecule has 0 aliphatic carbocycles. The van der Waals surface area contributed by atoms with Gasteiger partial charge >= 0.3 is 0 Å². The molecule has 0 unspecified atom stereocenters. The number of hydrogen-bond acceptors (Lipinski definition) is 3. The molecule has 1 N–H and O–H groups in total. The highest BCUT2D eigenvalue weighted by atomic mass is 16.1. The number of nitrogens with one attached hydrogen (secondary N) is 1. The van der Waals surface area contributed by atoms with Crippen LogP contribution in [0.1, 0.15) is 23.1 Å². The molecule has 18 heavy (non-hydrogen) atoms. The van der Waals surface area contributed by atoms with Gasteiger partial charge in [0.15, 0.2) is 0 Å². The predicted molar refractivity (Wildman–Crippen MR) is 70.2 cm³/mol. The molecule has 0 spiro atoms. The number of hydrogen-bond donors (Lipinski definition) is 1. The molecule has 1 aromatic carbocycles. The van der Waals surface area contributed by atoms with E-state index in [0.717, 1.165) is 5.56 Å². The normalized spacial score (nSPS) is 10.1. The van der Waals surface area contributed by atoms with Crippen molar-refractivity contribution in [2.45, 2.75) is 13.8 Å². The van der Waals surface area contributed by atoms with Gasteiger partial charge in [-0.3, -0.25) is 9.78 Å². The Morgan fingerprint density at radius 3 is 2.67 bits per heavy atom. The lowest BCUT2D eigenvalue weighted by atomic mass is 10.1. The molecule has 2 rings (SSSR count). The van der Waals surface area contributed by atoms with Gasteiger partial charge in [-0.1, -0.05) is 30.3 Å². The summed E-state index contributed by atoms with van der Waals surface area (Å²) in [4.78, 5) is 20.5. The summed E-state index contributed by atoms with van der Waals surface area (Å²) in [5.41, 5.74) is 2.69. The molecule has 0 bridgehead atoms. The second-order valence-corrected chi connectivity index (χ2v) is 3.91. The van der Waals surface area contributed by atoms with E-state index in [2.05, 4.69) is 15.3 Å². The fourth-order valence-electron chi connectivity index (χ4n) is 1.66. The molecule has 0 aliphatic rings. The Bertz CT molecular complexity index is 552. The van der Waals surface area contributed by atoms with E-state index in [9.17, 15) is 4.79 Å². The Morgan fingerprint density at radius 2 is 2.00 bits per heavy atom. The molecule has 4 heteroatoms. The lowest BCUT2D eigenvalue weighted by Gasteiger charge is -2.07. The van der Waals surface area contributed by atoms with Crippen LogP contribution in [0, 0.1) is 6.92 Å². The molecule has 1 heterocycles. The summed E-state index contributed by atoms with van der Waals surface area (Å²) in [7, 11) is 0. The number of rotatable bonds is 3. The lowest BCUT2D eigenvalue weighted by molar-refractivity contribution is 0.0950. The van der Waals surface area contributed by atoms with E-state index in [0.29, 0.717) is 23.6 Å². The number of aryl methyl sites for hydroxylation is 1. The van der Waals surface area contributed by atoms with Crippen molar-refractivity contribution in [3.8, 4) is 11.3 Å². The zero-order valence-corrected chi connectivity index (χ0v) is 10.5. The van der Waals surface area contributed by atoms with Gasteiger partial charge in [-0.2, -0.15) is 0 Å². The molecule has 0 saturated heterocycles. The fourth-order valence-corrected chi connectivity index (χ4v) is 1.66. The van der Waals surface area contributed by atoms with Crippen LogP contribution in [0.5, 0.6) is 0 Å². The number of benzene rings is 1. The minimum atomic E-state index is -0.180. The molecule has 92 valence electrons. The molecule has 0 saturated carbocycles. The van der Waals surface area contributed by atoms with E-state index in [1.807, 2.05) is 37.3 Å². The first-order valence-electron chi connectivity index (χ1n) is 5.89. The van der Waals surface area contributed by atoms with E-state index in [-0.39, 0.29) is 5.91 Å². The maximum absolute atomic E-state index is 11.8. The van der Waals surface area contributed by atoms with Crippen molar-refractivity contribution in [3.63, 3.8) is 0 Å². The van der Waals surface area contributed by atoms with Gasteiger partial charge in [-0.15, -0.1) is 0 Å². The van der Waals surface area contributed by atoms with E-state index < -0.39 is 0 Å². The number of carbonyl (C=O) groups is 1. The van der Waals surface area contributed by atoms with Crippen LogP contribution in [0.25, 0.3) is 11.3 Å². The van der Waals surface area contributed by atoms with Crippen LogP contribution in [0.2, 0.25) is 0 Å². The van der Waals surface area contributed by atoms with Crippen LogP contribution >= 0.6 is 0 Å². The average Bonchev–Trinajstić information content (AvgIpc) is 2.40. The molecule has 0 fully saturated rings. The summed E-state index contributed by atoms with van der Waals surface area (Å²) in [6.07, 6.45) is 1.69. The van der Waals surface area contributed by atoms with E-state index in [4.69, 9.17) is 0 Å². The highest BCUT2D eigenvalue weighted by Crippen LogP contribution is 2.16. The Kier molecular flexibility index (Phi) is 3.67. The Morgan fingerprint density at radius 1 is 1.28 bits per heavy atom. The van der Waals surface area contributed by atoms with Gasteiger partial charge in [-0.25, -0.2) is 4.98 Å². The minimum Gasteiger partial charge on any atom is -0.351 e. The fraction of sp³-hybridized carbons (Fsp3) is 0.214. The average molecular weight is 241 g/mol. The summed E-state index contributed by atoms with van der Waals surface area (Å²) >= 11 is 0. The number of nitrogens with zero attached hydrogens (tertiary/aromatic N) is 2. The predicted octanol–water partition coefficient (Wildman–Crippen LogP) is 2.20. The zero-order valence-electron chi connectivity index (χ0n) is 10.5. The Balaban J connectivity index is 2.41. The lowest BCUT2D eigenvalue weighted by Crippen LogP contribution is -2.25. The van der Waals surface area contributed by atoms with Gasteiger partial charge in [0.2, 0.25) is 0 Å². The van der Waals surface area contributed by atoms with Crippen LogP contribution in [0.3, 0.4) is 0 Å². The van der Waals surface area contributed by atoms with Gasteiger partial charge in [0, 0.05) is 12.1 Å². The van der Waals surface area contributed by atoms with Crippen LogP contribution in [-0.4, -0.2) is 22.4 Å². The second kappa shape index (κ2) is 5.40. The smallest absolute Gasteiger partial charge is 0.271 e. The number of amides is 1. The van der Waals surface area contributed by atoms with Crippen LogP contribution in [-0.2, 0) is 0 Å². The second-order valence-electron chi connectivity index (χ2n) is 3.91. The monoisotopic (exact) mass is 241 g/mol. The molecule has 0 aliphatic heterocycles. The van der Waals surface area contributed by atoms with Crippen LogP contribution in [0.15, 0.2) is 36.5 Å². The molecule has 2 aromatic rings. The van der Waals surface area contributed by atoms with Crippen molar-refractivity contribution >= 4 is 5.91 Å². The molecule has 1 amide bonds. The van der Waals surface area contributed by atoms with Gasteiger partial charge in [0.05, 0.1) is 17.6 Å². The third-order valence-corrected chi connectivity index (χ3v) is 2.58. The largest absolute Gasteiger partial charge is 0.351 e. The van der Waals surface area contributed by atoms with Crippen molar-refractivity contribution in [2.24, 2.45) is 0 Å². The van der Waals surface area contributed by atoms with Gasteiger partial charge in [0.1, 0.15) is 5.69 Å². The van der Waals surface area contributed by atoms with Crippen LogP contribution < -0.4 is 5.32 Å². The summed E-state index contributed by atoms with van der Waals surface area (Å²) < 4.78 is 0.